The Balaban J connectivity index is 1.94. The van der Waals surface area contributed by atoms with Crippen molar-refractivity contribution in [3.8, 4) is 0 Å². The first kappa shape index (κ1) is 13.9. The second kappa shape index (κ2) is 5.64. The van der Waals surface area contributed by atoms with Gasteiger partial charge in [-0.3, -0.25) is 4.79 Å². The molecule has 1 aromatic carbocycles. The van der Waals surface area contributed by atoms with Crippen molar-refractivity contribution >= 4 is 11.6 Å². The van der Waals surface area contributed by atoms with Crippen LogP contribution < -0.4 is 10.6 Å². The maximum Gasteiger partial charge on any atom is 0.221 e. The lowest BCUT2D eigenvalue weighted by atomic mass is 9.95. The van der Waals surface area contributed by atoms with E-state index in [2.05, 4.69) is 43.5 Å². The summed E-state index contributed by atoms with van der Waals surface area (Å²) in [7, 11) is 0. The molecule has 2 rings (SSSR count). The highest BCUT2D eigenvalue weighted by molar-refractivity contribution is 5.78. The van der Waals surface area contributed by atoms with Gasteiger partial charge in [0.25, 0.3) is 0 Å². The predicted molar refractivity (Wildman–Crippen MR) is 79.4 cm³/mol. The quantitative estimate of drug-likeness (QED) is 0.853. The molecule has 0 fully saturated rings. The molecule has 0 saturated heterocycles. The van der Waals surface area contributed by atoms with Gasteiger partial charge >= 0.3 is 0 Å². The first-order valence-electron chi connectivity index (χ1n) is 7.15. The van der Waals surface area contributed by atoms with Crippen LogP contribution in [0.15, 0.2) is 24.3 Å². The summed E-state index contributed by atoms with van der Waals surface area (Å²) in [6.45, 7) is 7.19. The highest BCUT2D eigenvalue weighted by Crippen LogP contribution is 2.33. The number of rotatable bonds is 5. The molecule has 1 atom stereocenters. The Morgan fingerprint density at radius 3 is 2.89 bits per heavy atom. The zero-order valence-electron chi connectivity index (χ0n) is 12.1. The SMILES string of the molecule is CCCC(C)(C)NC(=O)CC1CNc2ccccc21. The predicted octanol–water partition coefficient (Wildman–Crippen LogP) is 3.28. The van der Waals surface area contributed by atoms with Gasteiger partial charge < -0.3 is 10.6 Å². The minimum atomic E-state index is -0.0998. The molecule has 0 aromatic heterocycles. The summed E-state index contributed by atoms with van der Waals surface area (Å²) in [4.78, 5) is 12.2. The fourth-order valence-electron chi connectivity index (χ4n) is 2.88. The highest BCUT2D eigenvalue weighted by Gasteiger charge is 2.26. The maximum absolute atomic E-state index is 12.2. The zero-order valence-corrected chi connectivity index (χ0v) is 12.1. The van der Waals surface area contributed by atoms with Gasteiger partial charge in [-0.1, -0.05) is 31.5 Å². The molecule has 1 aliphatic heterocycles. The number of hydrogen-bond donors (Lipinski definition) is 2. The van der Waals surface area contributed by atoms with Crippen LogP contribution in [0, 0.1) is 0 Å². The lowest BCUT2D eigenvalue weighted by Crippen LogP contribution is -2.43. The van der Waals surface area contributed by atoms with Crippen molar-refractivity contribution in [1.82, 2.24) is 5.32 Å². The minimum Gasteiger partial charge on any atom is -0.384 e. The molecule has 3 heteroatoms. The molecule has 0 radical (unpaired) electrons. The van der Waals surface area contributed by atoms with E-state index in [1.54, 1.807) is 0 Å². The van der Waals surface area contributed by atoms with Gasteiger partial charge in [0.05, 0.1) is 0 Å². The van der Waals surface area contributed by atoms with E-state index in [9.17, 15) is 4.79 Å². The Bertz CT molecular complexity index is 454. The van der Waals surface area contributed by atoms with Crippen molar-refractivity contribution in [3.05, 3.63) is 29.8 Å². The standard InChI is InChI=1S/C16H24N2O/c1-4-9-16(2,3)18-15(19)10-12-11-17-14-8-6-5-7-13(12)14/h5-8,12,17H,4,9-11H2,1-3H3,(H,18,19). The highest BCUT2D eigenvalue weighted by atomic mass is 16.1. The number of carbonyl (C=O) groups is 1. The number of fused-ring (bicyclic) bond motifs is 1. The van der Waals surface area contributed by atoms with E-state index < -0.39 is 0 Å². The molecule has 19 heavy (non-hydrogen) atoms. The van der Waals surface area contributed by atoms with Gasteiger partial charge in [-0.15, -0.1) is 0 Å². The van der Waals surface area contributed by atoms with Gasteiger partial charge in [-0.2, -0.15) is 0 Å². The van der Waals surface area contributed by atoms with Crippen LogP contribution in [0.5, 0.6) is 0 Å². The first-order chi connectivity index (χ1) is 9.02. The Labute approximate surface area is 115 Å². The molecule has 104 valence electrons. The van der Waals surface area contributed by atoms with Crippen LogP contribution in [0.25, 0.3) is 0 Å². The van der Waals surface area contributed by atoms with Crippen LogP contribution in [0.4, 0.5) is 5.69 Å². The molecule has 1 aromatic rings. The number of hydrogen-bond acceptors (Lipinski definition) is 2. The van der Waals surface area contributed by atoms with Crippen LogP contribution in [0.3, 0.4) is 0 Å². The van der Waals surface area contributed by atoms with Gasteiger partial charge in [-0.05, 0) is 31.9 Å². The third-order valence-electron chi connectivity index (χ3n) is 3.72. The average molecular weight is 260 g/mol. The molecule has 3 nitrogen and oxygen atoms in total. The fraction of sp³-hybridized carbons (Fsp3) is 0.562. The van der Waals surface area contributed by atoms with Crippen molar-refractivity contribution in [2.75, 3.05) is 11.9 Å². The number of para-hydroxylation sites is 1. The number of benzene rings is 1. The van der Waals surface area contributed by atoms with Gasteiger partial charge in [0.2, 0.25) is 5.91 Å². The second-order valence-electron chi connectivity index (χ2n) is 6.05. The molecule has 0 aliphatic carbocycles. The van der Waals surface area contributed by atoms with Gasteiger partial charge in [0.1, 0.15) is 0 Å². The lowest BCUT2D eigenvalue weighted by Gasteiger charge is -2.26. The Hall–Kier alpha value is -1.51. The van der Waals surface area contributed by atoms with Crippen molar-refractivity contribution < 1.29 is 4.79 Å². The normalized spacial score (nSPS) is 17.7. The number of anilines is 1. The molecule has 0 spiro atoms. The summed E-state index contributed by atoms with van der Waals surface area (Å²) in [5.74, 6) is 0.454. The van der Waals surface area contributed by atoms with E-state index in [4.69, 9.17) is 0 Å². The monoisotopic (exact) mass is 260 g/mol. The second-order valence-corrected chi connectivity index (χ2v) is 6.05. The molecule has 0 saturated carbocycles. The fourth-order valence-corrected chi connectivity index (χ4v) is 2.88. The molecular formula is C16H24N2O. The molecule has 1 amide bonds. The van der Waals surface area contributed by atoms with Gasteiger partial charge in [0, 0.05) is 30.1 Å². The van der Waals surface area contributed by atoms with Crippen molar-refractivity contribution in [2.45, 2.75) is 51.5 Å². The van der Waals surface area contributed by atoms with E-state index >= 15 is 0 Å². The molecular weight excluding hydrogens is 236 g/mol. The topological polar surface area (TPSA) is 41.1 Å². The summed E-state index contributed by atoms with van der Waals surface area (Å²) in [6.07, 6.45) is 2.66. The van der Waals surface area contributed by atoms with Crippen LogP contribution in [-0.2, 0) is 4.79 Å². The number of amides is 1. The van der Waals surface area contributed by atoms with Gasteiger partial charge in [0.15, 0.2) is 0 Å². The summed E-state index contributed by atoms with van der Waals surface area (Å²) >= 11 is 0. The molecule has 1 aliphatic rings. The van der Waals surface area contributed by atoms with Crippen LogP contribution >= 0.6 is 0 Å². The van der Waals surface area contributed by atoms with E-state index in [1.165, 1.54) is 11.3 Å². The number of nitrogens with one attached hydrogen (secondary N) is 2. The zero-order chi connectivity index (χ0) is 13.9. The van der Waals surface area contributed by atoms with E-state index in [-0.39, 0.29) is 11.4 Å². The molecule has 1 heterocycles. The third-order valence-corrected chi connectivity index (χ3v) is 3.72. The summed E-state index contributed by atoms with van der Waals surface area (Å²) in [5, 5.41) is 6.51. The summed E-state index contributed by atoms with van der Waals surface area (Å²) in [6, 6.07) is 8.26. The Morgan fingerprint density at radius 1 is 1.42 bits per heavy atom. The summed E-state index contributed by atoms with van der Waals surface area (Å²) < 4.78 is 0. The van der Waals surface area contributed by atoms with Crippen molar-refractivity contribution in [3.63, 3.8) is 0 Å². The molecule has 1 unspecified atom stereocenters. The van der Waals surface area contributed by atoms with E-state index in [0.29, 0.717) is 12.3 Å². The van der Waals surface area contributed by atoms with Crippen molar-refractivity contribution in [2.24, 2.45) is 0 Å². The smallest absolute Gasteiger partial charge is 0.221 e. The molecule has 0 bridgehead atoms. The van der Waals surface area contributed by atoms with Crippen LogP contribution in [0.1, 0.15) is 51.5 Å². The Morgan fingerprint density at radius 2 is 2.16 bits per heavy atom. The molecule has 2 N–H and O–H groups in total. The van der Waals surface area contributed by atoms with Gasteiger partial charge in [-0.25, -0.2) is 0 Å². The minimum absolute atomic E-state index is 0.0998. The third kappa shape index (κ3) is 3.49. The van der Waals surface area contributed by atoms with Crippen molar-refractivity contribution in [1.29, 1.82) is 0 Å². The average Bonchev–Trinajstić information content (AvgIpc) is 2.72. The van der Waals surface area contributed by atoms with E-state index in [1.807, 2.05) is 12.1 Å². The largest absolute Gasteiger partial charge is 0.384 e. The van der Waals surface area contributed by atoms with E-state index in [0.717, 1.165) is 19.4 Å². The Kier molecular flexibility index (Phi) is 4.13. The maximum atomic E-state index is 12.2. The summed E-state index contributed by atoms with van der Waals surface area (Å²) in [5.41, 5.74) is 2.34. The van der Waals surface area contributed by atoms with Crippen LogP contribution in [0.2, 0.25) is 0 Å². The van der Waals surface area contributed by atoms with Crippen LogP contribution in [-0.4, -0.2) is 18.0 Å². The first-order valence-corrected chi connectivity index (χ1v) is 7.15. The number of carbonyl (C=O) groups excluding carboxylic acids is 1. The lowest BCUT2D eigenvalue weighted by molar-refractivity contribution is -0.123.